The molecular weight excluding hydrogens is 298 g/mol. The Hall–Kier alpha value is -2.13. The molecule has 1 aromatic heterocycles. The molecule has 0 bridgehead atoms. The summed E-state index contributed by atoms with van der Waals surface area (Å²) in [4.78, 5) is 0. The van der Waals surface area contributed by atoms with Gasteiger partial charge in [0, 0.05) is 10.6 Å². The molecule has 0 amide bonds. The summed E-state index contributed by atoms with van der Waals surface area (Å²) in [7, 11) is 0.744. The van der Waals surface area contributed by atoms with Gasteiger partial charge in [-0.1, -0.05) is 43.9 Å². The number of fused-ring (bicyclic) bond motifs is 2. The Labute approximate surface area is 138 Å². The van der Waals surface area contributed by atoms with Gasteiger partial charge < -0.3 is 4.74 Å². The van der Waals surface area contributed by atoms with Crippen molar-refractivity contribution in [2.24, 2.45) is 7.05 Å². The fourth-order valence-electron chi connectivity index (χ4n) is 3.44. The Bertz CT molecular complexity index is 954. The van der Waals surface area contributed by atoms with E-state index < -0.39 is 8.07 Å². The molecule has 0 spiro atoms. The van der Waals surface area contributed by atoms with Crippen LogP contribution in [-0.2, 0) is 7.05 Å². The van der Waals surface area contributed by atoms with E-state index in [0.717, 1.165) is 11.5 Å². The molecule has 0 saturated carbocycles. The van der Waals surface area contributed by atoms with Gasteiger partial charge in [0.15, 0.2) is 11.9 Å². The maximum Gasteiger partial charge on any atom is 0.256 e. The second kappa shape index (κ2) is 4.68. The number of aromatic nitrogens is 1. The molecule has 0 unspecified atom stereocenters. The smallest absolute Gasteiger partial charge is 0.256 e. The highest BCUT2D eigenvalue weighted by atomic mass is 28.3. The summed E-state index contributed by atoms with van der Waals surface area (Å²) in [5, 5.41) is 3.89. The van der Waals surface area contributed by atoms with Crippen LogP contribution in [0, 0.1) is 6.92 Å². The number of hydrogen-bond acceptors (Lipinski definition) is 1. The molecule has 2 aromatic carbocycles. The number of hydrogen-bond donors (Lipinski definition) is 0. The van der Waals surface area contributed by atoms with Crippen molar-refractivity contribution in [2.45, 2.75) is 26.6 Å². The number of nitrogens with zero attached hydrogens (tertiary/aromatic N) is 1. The van der Waals surface area contributed by atoms with E-state index in [9.17, 15) is 0 Å². The van der Waals surface area contributed by atoms with Crippen LogP contribution in [0.1, 0.15) is 5.56 Å². The molecule has 0 aliphatic carbocycles. The lowest BCUT2D eigenvalue weighted by Gasteiger charge is -2.23. The van der Waals surface area contributed by atoms with Gasteiger partial charge in [0.25, 0.3) is 5.69 Å². The fourth-order valence-corrected chi connectivity index (χ4v) is 4.58. The van der Waals surface area contributed by atoms with E-state index in [1.165, 1.54) is 32.8 Å². The van der Waals surface area contributed by atoms with Gasteiger partial charge >= 0.3 is 0 Å². The predicted octanol–water partition coefficient (Wildman–Crippen LogP) is 4.29. The van der Waals surface area contributed by atoms with Crippen LogP contribution in [0.5, 0.6) is 11.5 Å². The zero-order valence-electron chi connectivity index (χ0n) is 14.4. The molecule has 3 heteroatoms. The van der Waals surface area contributed by atoms with Gasteiger partial charge in [0.05, 0.1) is 13.6 Å². The molecule has 3 aromatic rings. The SMILES string of the molecule is Cc1ccc2cccc3c2c1-c1c(cc([Si](C)(C)C)c[n+]1C)O3. The normalized spacial score (nSPS) is 12.9. The topological polar surface area (TPSA) is 13.1 Å². The first kappa shape index (κ1) is 14.5. The third-order valence-electron chi connectivity index (χ3n) is 4.74. The van der Waals surface area contributed by atoms with E-state index >= 15 is 0 Å². The highest BCUT2D eigenvalue weighted by molar-refractivity contribution is 6.88. The van der Waals surface area contributed by atoms with Gasteiger partial charge in [-0.3, -0.25) is 0 Å². The van der Waals surface area contributed by atoms with Crippen LogP contribution in [-0.4, -0.2) is 8.07 Å². The third-order valence-corrected chi connectivity index (χ3v) is 6.75. The van der Waals surface area contributed by atoms with Crippen molar-refractivity contribution in [3.63, 3.8) is 0 Å². The number of rotatable bonds is 1. The van der Waals surface area contributed by atoms with Gasteiger partial charge in [-0.05, 0) is 30.0 Å². The van der Waals surface area contributed by atoms with E-state index in [0.29, 0.717) is 0 Å². The molecule has 116 valence electrons. The lowest BCUT2D eigenvalue weighted by molar-refractivity contribution is -0.659. The van der Waals surface area contributed by atoms with E-state index in [2.05, 4.69) is 80.8 Å². The maximum absolute atomic E-state index is 6.32. The van der Waals surface area contributed by atoms with Crippen LogP contribution in [0.15, 0.2) is 42.6 Å². The Morgan fingerprint density at radius 1 is 1.00 bits per heavy atom. The van der Waals surface area contributed by atoms with Gasteiger partial charge in [0.2, 0.25) is 0 Å². The van der Waals surface area contributed by atoms with Crippen LogP contribution < -0.4 is 14.5 Å². The number of pyridine rings is 1. The van der Waals surface area contributed by atoms with E-state index in [-0.39, 0.29) is 0 Å². The van der Waals surface area contributed by atoms with Crippen LogP contribution in [0.4, 0.5) is 0 Å². The van der Waals surface area contributed by atoms with Crippen molar-refractivity contribution < 1.29 is 9.30 Å². The molecule has 2 heterocycles. The average molecular weight is 320 g/mol. The maximum atomic E-state index is 6.32. The Morgan fingerprint density at radius 2 is 1.78 bits per heavy atom. The zero-order valence-corrected chi connectivity index (χ0v) is 15.4. The van der Waals surface area contributed by atoms with E-state index in [4.69, 9.17) is 4.74 Å². The lowest BCUT2D eigenvalue weighted by Crippen LogP contribution is -2.45. The van der Waals surface area contributed by atoms with Gasteiger partial charge in [0.1, 0.15) is 12.8 Å². The van der Waals surface area contributed by atoms with Gasteiger partial charge in [-0.15, -0.1) is 0 Å². The monoisotopic (exact) mass is 320 g/mol. The second-order valence-electron chi connectivity index (χ2n) is 7.52. The predicted molar refractivity (Wildman–Crippen MR) is 98.4 cm³/mol. The minimum atomic E-state index is -1.39. The molecule has 1 aliphatic rings. The van der Waals surface area contributed by atoms with E-state index in [1.807, 2.05) is 0 Å². The fraction of sp³-hybridized carbons (Fsp3) is 0.250. The molecular formula is C20H22NOSi+. The first-order valence-corrected chi connectivity index (χ1v) is 11.6. The first-order valence-electron chi connectivity index (χ1n) is 8.11. The summed E-state index contributed by atoms with van der Waals surface area (Å²) < 4.78 is 8.57. The van der Waals surface area contributed by atoms with Crippen LogP contribution in [0.25, 0.3) is 22.0 Å². The van der Waals surface area contributed by atoms with Crippen LogP contribution in [0.2, 0.25) is 19.6 Å². The summed E-state index contributed by atoms with van der Waals surface area (Å²) >= 11 is 0. The summed E-state index contributed by atoms with van der Waals surface area (Å²) in [5.74, 6) is 1.96. The molecule has 0 saturated heterocycles. The van der Waals surface area contributed by atoms with Crippen molar-refractivity contribution in [1.29, 1.82) is 0 Å². The van der Waals surface area contributed by atoms with E-state index in [1.54, 1.807) is 0 Å². The number of ether oxygens (including phenoxy) is 1. The zero-order chi connectivity index (χ0) is 16.4. The molecule has 0 N–H and O–H groups in total. The highest BCUT2D eigenvalue weighted by Gasteiger charge is 2.31. The first-order chi connectivity index (χ1) is 10.9. The molecule has 0 atom stereocenters. The Morgan fingerprint density at radius 3 is 2.52 bits per heavy atom. The number of aryl methyl sites for hydroxylation is 2. The average Bonchev–Trinajstić information content (AvgIpc) is 2.48. The summed E-state index contributed by atoms with van der Waals surface area (Å²) in [6.07, 6.45) is 2.29. The standard InChI is InChI=1S/C20H22NOSi/c1-13-9-10-14-7-6-8-16-19(14)18(13)20-17(22-16)11-15(12-21(20)2)23(3,4)5/h6-12H,1-5H3/q+1. The number of benzene rings is 2. The Balaban J connectivity index is 2.11. The Kier molecular flexibility index (Phi) is 2.94. The lowest BCUT2D eigenvalue weighted by atomic mass is 9.94. The van der Waals surface area contributed by atoms with Crippen molar-refractivity contribution >= 4 is 24.0 Å². The minimum Gasteiger partial charge on any atom is -0.450 e. The molecule has 0 fully saturated rings. The van der Waals surface area contributed by atoms with Gasteiger partial charge in [-0.25, -0.2) is 0 Å². The third kappa shape index (κ3) is 2.11. The second-order valence-corrected chi connectivity index (χ2v) is 12.6. The quantitative estimate of drug-likeness (QED) is 0.377. The van der Waals surface area contributed by atoms with Crippen molar-refractivity contribution in [1.82, 2.24) is 0 Å². The van der Waals surface area contributed by atoms with Crippen molar-refractivity contribution in [3.8, 4) is 22.8 Å². The largest absolute Gasteiger partial charge is 0.450 e. The summed E-state index contributed by atoms with van der Waals surface area (Å²) in [6.45, 7) is 9.31. The molecule has 1 aliphatic heterocycles. The minimum absolute atomic E-state index is 0.974. The highest BCUT2D eigenvalue weighted by Crippen LogP contribution is 2.45. The molecule has 2 nitrogen and oxygen atoms in total. The van der Waals surface area contributed by atoms with Crippen molar-refractivity contribution in [3.05, 3.63) is 48.2 Å². The molecule has 23 heavy (non-hydrogen) atoms. The summed E-state index contributed by atoms with van der Waals surface area (Å²) in [6, 6.07) is 13.0. The molecule has 0 radical (unpaired) electrons. The molecule has 4 rings (SSSR count). The van der Waals surface area contributed by atoms with Crippen LogP contribution >= 0.6 is 0 Å². The summed E-state index contributed by atoms with van der Waals surface area (Å²) in [5.41, 5.74) is 3.80. The van der Waals surface area contributed by atoms with Gasteiger partial charge in [-0.2, -0.15) is 4.57 Å². The van der Waals surface area contributed by atoms with Crippen molar-refractivity contribution in [2.75, 3.05) is 0 Å². The van der Waals surface area contributed by atoms with Crippen LogP contribution in [0.3, 0.4) is 0 Å².